The molecule has 0 saturated carbocycles. The maximum atomic E-state index is 12.7. The van der Waals surface area contributed by atoms with Crippen LogP contribution in [0.4, 0.5) is 0 Å². The van der Waals surface area contributed by atoms with Crippen LogP contribution in [0.5, 0.6) is 0 Å². The molecule has 8 nitrogen and oxygen atoms in total. The summed E-state index contributed by atoms with van der Waals surface area (Å²) in [6, 6.07) is 6.97. The van der Waals surface area contributed by atoms with E-state index >= 15 is 0 Å². The van der Waals surface area contributed by atoms with Crippen molar-refractivity contribution in [1.82, 2.24) is 24.1 Å². The molecule has 3 aromatic heterocycles. The van der Waals surface area contributed by atoms with Crippen molar-refractivity contribution in [3.63, 3.8) is 0 Å². The number of aromatic nitrogens is 4. The molecule has 0 radical (unpaired) electrons. The van der Waals surface area contributed by atoms with Gasteiger partial charge in [-0.2, -0.15) is 9.40 Å². The first kappa shape index (κ1) is 18.1. The van der Waals surface area contributed by atoms with Gasteiger partial charge >= 0.3 is 5.69 Å². The van der Waals surface area contributed by atoms with Gasteiger partial charge in [-0.15, -0.1) is 11.3 Å². The number of H-pyrrole nitrogens is 1. The number of hydrogen-bond donors (Lipinski definition) is 1. The van der Waals surface area contributed by atoms with Gasteiger partial charge in [-0.05, 0) is 48.4 Å². The molecule has 1 aliphatic heterocycles. The zero-order valence-electron chi connectivity index (χ0n) is 14.5. The molecule has 142 valence electrons. The molecule has 1 N–H and O–H groups in total. The van der Waals surface area contributed by atoms with Crippen LogP contribution in [0.2, 0.25) is 0 Å². The van der Waals surface area contributed by atoms with Crippen LogP contribution in [0.1, 0.15) is 18.7 Å². The number of rotatable bonds is 5. The number of sulfonamides is 1. The number of aromatic amines is 1. The molecule has 1 fully saturated rings. The quantitative estimate of drug-likeness (QED) is 0.696. The first-order valence-electron chi connectivity index (χ1n) is 8.66. The number of pyridine rings is 1. The zero-order valence-corrected chi connectivity index (χ0v) is 16.1. The summed E-state index contributed by atoms with van der Waals surface area (Å²) in [4.78, 5) is 16.2. The fourth-order valence-electron chi connectivity index (χ4n) is 3.35. The van der Waals surface area contributed by atoms with E-state index in [0.717, 1.165) is 17.8 Å². The van der Waals surface area contributed by atoms with Crippen LogP contribution in [0.15, 0.2) is 51.7 Å². The van der Waals surface area contributed by atoms with Gasteiger partial charge in [0, 0.05) is 31.9 Å². The van der Waals surface area contributed by atoms with E-state index in [1.54, 1.807) is 22.9 Å². The summed E-state index contributed by atoms with van der Waals surface area (Å²) in [5, 5.41) is 9.44. The minimum atomic E-state index is -3.50. The van der Waals surface area contributed by atoms with Crippen molar-refractivity contribution >= 4 is 21.4 Å². The molecule has 3 aromatic rings. The fraction of sp³-hybridized carbons (Fsp3) is 0.353. The summed E-state index contributed by atoms with van der Waals surface area (Å²) in [7, 11) is -3.50. The Morgan fingerprint density at radius 1 is 1.22 bits per heavy atom. The minimum Gasteiger partial charge on any atom is -0.263 e. The Bertz CT molecular complexity index is 1050. The molecule has 0 aliphatic carbocycles. The summed E-state index contributed by atoms with van der Waals surface area (Å²) in [5.74, 6) is 0.968. The molecular formula is C17H19N5O3S2. The Hall–Kier alpha value is -2.30. The molecule has 27 heavy (non-hydrogen) atoms. The summed E-state index contributed by atoms with van der Waals surface area (Å²) in [6.45, 7) is 0.908. The standard InChI is InChI=1S/C17H19N5O3S2/c23-17-20-19-15(22(17)16-4-2-10-26-16)11-13-5-8-21(9-6-13)27(24,25)14-3-1-7-18-12-14/h1-4,7,10,12-13H,5-6,8-9,11H2,(H,20,23). The molecule has 0 bridgehead atoms. The highest BCUT2D eigenvalue weighted by Crippen LogP contribution is 2.26. The Morgan fingerprint density at radius 2 is 2.04 bits per heavy atom. The van der Waals surface area contributed by atoms with Crippen LogP contribution in [0, 0.1) is 5.92 Å². The van der Waals surface area contributed by atoms with Crippen LogP contribution in [0.3, 0.4) is 0 Å². The molecule has 1 saturated heterocycles. The van der Waals surface area contributed by atoms with Crippen LogP contribution in [0.25, 0.3) is 5.00 Å². The molecule has 10 heteroatoms. The molecule has 0 atom stereocenters. The van der Waals surface area contributed by atoms with E-state index in [9.17, 15) is 13.2 Å². The lowest BCUT2D eigenvalue weighted by Crippen LogP contribution is -2.39. The smallest absolute Gasteiger partial charge is 0.263 e. The second-order valence-electron chi connectivity index (χ2n) is 6.47. The fourth-order valence-corrected chi connectivity index (χ4v) is 5.53. The van der Waals surface area contributed by atoms with Crippen LogP contribution in [-0.4, -0.2) is 45.6 Å². The molecule has 4 heterocycles. The van der Waals surface area contributed by atoms with Gasteiger partial charge in [-0.25, -0.2) is 22.9 Å². The Labute approximate surface area is 160 Å². The maximum Gasteiger partial charge on any atom is 0.348 e. The lowest BCUT2D eigenvalue weighted by molar-refractivity contribution is 0.269. The largest absolute Gasteiger partial charge is 0.348 e. The monoisotopic (exact) mass is 405 g/mol. The molecule has 0 spiro atoms. The van der Waals surface area contributed by atoms with Crippen LogP contribution in [-0.2, 0) is 16.4 Å². The highest BCUT2D eigenvalue weighted by atomic mass is 32.2. The second kappa shape index (κ2) is 7.37. The average molecular weight is 406 g/mol. The molecule has 0 aromatic carbocycles. The normalized spacial score (nSPS) is 16.6. The molecule has 4 rings (SSSR count). The number of thiophene rings is 1. The van der Waals surface area contributed by atoms with Gasteiger partial charge in [0.2, 0.25) is 10.0 Å². The van der Waals surface area contributed by atoms with Crippen molar-refractivity contribution in [2.24, 2.45) is 5.92 Å². The number of nitrogens with zero attached hydrogens (tertiary/aromatic N) is 4. The third-order valence-electron chi connectivity index (χ3n) is 4.79. The van der Waals surface area contributed by atoms with E-state index in [0.29, 0.717) is 25.3 Å². The zero-order chi connectivity index (χ0) is 18.9. The topological polar surface area (TPSA) is 101 Å². The van der Waals surface area contributed by atoms with Gasteiger partial charge in [0.15, 0.2) is 0 Å². The van der Waals surface area contributed by atoms with Gasteiger partial charge in [-0.1, -0.05) is 0 Å². The Balaban J connectivity index is 1.45. The van der Waals surface area contributed by atoms with Crippen LogP contribution < -0.4 is 5.69 Å². The van der Waals surface area contributed by atoms with Gasteiger partial charge < -0.3 is 0 Å². The Kier molecular flexibility index (Phi) is 4.94. The molecule has 0 unspecified atom stereocenters. The van der Waals surface area contributed by atoms with Crippen molar-refractivity contribution < 1.29 is 8.42 Å². The van der Waals surface area contributed by atoms with E-state index in [-0.39, 0.29) is 16.5 Å². The third kappa shape index (κ3) is 3.60. The number of nitrogens with one attached hydrogen (secondary N) is 1. The summed E-state index contributed by atoms with van der Waals surface area (Å²) in [6.07, 6.45) is 5.03. The van der Waals surface area contributed by atoms with Gasteiger partial charge in [0.25, 0.3) is 0 Å². The summed E-state index contributed by atoms with van der Waals surface area (Å²) >= 11 is 1.48. The van der Waals surface area contributed by atoms with E-state index in [4.69, 9.17) is 0 Å². The lowest BCUT2D eigenvalue weighted by atomic mass is 9.94. The average Bonchev–Trinajstić information content (AvgIpc) is 3.33. The van der Waals surface area contributed by atoms with Crippen molar-refractivity contribution in [2.45, 2.75) is 24.2 Å². The number of hydrogen-bond acceptors (Lipinski definition) is 6. The summed E-state index contributed by atoms with van der Waals surface area (Å²) in [5.41, 5.74) is -0.246. The van der Waals surface area contributed by atoms with Crippen molar-refractivity contribution in [3.05, 3.63) is 58.3 Å². The second-order valence-corrected chi connectivity index (χ2v) is 9.34. The first-order valence-corrected chi connectivity index (χ1v) is 11.0. The van der Waals surface area contributed by atoms with E-state index in [1.165, 1.54) is 21.8 Å². The Morgan fingerprint density at radius 3 is 2.70 bits per heavy atom. The van der Waals surface area contributed by atoms with Crippen molar-refractivity contribution in [2.75, 3.05) is 13.1 Å². The minimum absolute atomic E-state index is 0.224. The SMILES string of the molecule is O=c1[nH]nc(CC2CCN(S(=O)(=O)c3cccnc3)CC2)n1-c1cccs1. The van der Waals surface area contributed by atoms with Crippen molar-refractivity contribution in [3.8, 4) is 5.00 Å². The highest BCUT2D eigenvalue weighted by Gasteiger charge is 2.30. The van der Waals surface area contributed by atoms with Gasteiger partial charge in [-0.3, -0.25) is 4.98 Å². The molecule has 0 amide bonds. The van der Waals surface area contributed by atoms with E-state index in [1.807, 2.05) is 17.5 Å². The van der Waals surface area contributed by atoms with Gasteiger partial charge in [0.05, 0.1) is 0 Å². The first-order chi connectivity index (χ1) is 13.1. The molecule has 1 aliphatic rings. The maximum absolute atomic E-state index is 12.7. The predicted octanol–water partition coefficient (Wildman–Crippen LogP) is 1.66. The van der Waals surface area contributed by atoms with E-state index < -0.39 is 10.0 Å². The van der Waals surface area contributed by atoms with Crippen molar-refractivity contribution in [1.29, 1.82) is 0 Å². The van der Waals surface area contributed by atoms with Crippen LogP contribution >= 0.6 is 11.3 Å². The molecular weight excluding hydrogens is 386 g/mol. The van der Waals surface area contributed by atoms with E-state index in [2.05, 4.69) is 15.2 Å². The lowest BCUT2D eigenvalue weighted by Gasteiger charge is -2.30. The predicted molar refractivity (Wildman–Crippen MR) is 101 cm³/mol. The highest BCUT2D eigenvalue weighted by molar-refractivity contribution is 7.89. The summed E-state index contributed by atoms with van der Waals surface area (Å²) < 4.78 is 28.5. The number of piperidine rings is 1. The third-order valence-corrected chi connectivity index (χ3v) is 7.52. The van der Waals surface area contributed by atoms with Gasteiger partial charge in [0.1, 0.15) is 15.7 Å².